The molecule has 0 aromatic rings. The molecule has 5 heteroatoms. The fourth-order valence-corrected chi connectivity index (χ4v) is 0.850. The van der Waals surface area contributed by atoms with Gasteiger partial charge >= 0.3 is 0 Å². The van der Waals surface area contributed by atoms with Gasteiger partial charge in [0, 0.05) is 13.3 Å². The standard InChI is InChI=1S/C6H13NO3S/c1-3-11(8,9)7-5-4-6-10-2/h4-5,7H,3,6H2,1-2H3. The number of nitrogens with one attached hydrogen (secondary N) is 1. The summed E-state index contributed by atoms with van der Waals surface area (Å²) in [5.74, 6) is 0.0876. The Morgan fingerprint density at radius 3 is 2.64 bits per heavy atom. The first-order valence-electron chi connectivity index (χ1n) is 3.26. The number of hydrogen-bond donors (Lipinski definition) is 1. The highest BCUT2D eigenvalue weighted by Crippen LogP contribution is 1.81. The third-order valence-corrected chi connectivity index (χ3v) is 2.26. The van der Waals surface area contributed by atoms with E-state index in [1.54, 1.807) is 20.1 Å². The Kier molecular flexibility index (Phi) is 4.89. The van der Waals surface area contributed by atoms with E-state index >= 15 is 0 Å². The quantitative estimate of drug-likeness (QED) is 0.650. The summed E-state index contributed by atoms with van der Waals surface area (Å²) in [6.07, 6.45) is 2.95. The van der Waals surface area contributed by atoms with Crippen LogP contribution < -0.4 is 4.72 Å². The van der Waals surface area contributed by atoms with Crippen LogP contribution in [0.3, 0.4) is 0 Å². The molecule has 0 saturated carbocycles. The van der Waals surface area contributed by atoms with Gasteiger partial charge in [-0.1, -0.05) is 0 Å². The summed E-state index contributed by atoms with van der Waals surface area (Å²) in [4.78, 5) is 0. The van der Waals surface area contributed by atoms with Crippen LogP contribution in [-0.4, -0.2) is 27.9 Å². The SMILES string of the molecule is CCS(=O)(=O)NC=CCOC. The predicted octanol–water partition coefficient (Wildman–Crippen LogP) is 0.0858. The fourth-order valence-electron chi connectivity index (χ4n) is 0.379. The summed E-state index contributed by atoms with van der Waals surface area (Å²) in [6.45, 7) is 1.98. The molecule has 1 N–H and O–H groups in total. The number of ether oxygens (including phenoxy) is 1. The Hall–Kier alpha value is -0.550. The van der Waals surface area contributed by atoms with E-state index in [-0.39, 0.29) is 5.75 Å². The highest BCUT2D eigenvalue weighted by molar-refractivity contribution is 7.89. The van der Waals surface area contributed by atoms with E-state index in [0.29, 0.717) is 6.61 Å². The van der Waals surface area contributed by atoms with Crippen LogP contribution in [0.1, 0.15) is 6.92 Å². The molecular weight excluding hydrogens is 166 g/mol. The summed E-state index contributed by atoms with van der Waals surface area (Å²) >= 11 is 0. The number of sulfonamides is 1. The van der Waals surface area contributed by atoms with E-state index in [2.05, 4.69) is 9.46 Å². The summed E-state index contributed by atoms with van der Waals surface area (Å²) in [5, 5.41) is 0. The molecule has 0 aromatic carbocycles. The average molecular weight is 179 g/mol. The van der Waals surface area contributed by atoms with E-state index < -0.39 is 10.0 Å². The molecule has 0 aliphatic heterocycles. The number of methoxy groups -OCH3 is 1. The van der Waals surface area contributed by atoms with E-state index in [9.17, 15) is 8.42 Å². The lowest BCUT2D eigenvalue weighted by atomic mass is 10.7. The van der Waals surface area contributed by atoms with Crippen molar-refractivity contribution >= 4 is 10.0 Å². The predicted molar refractivity (Wildman–Crippen MR) is 43.6 cm³/mol. The first-order chi connectivity index (χ1) is 5.12. The van der Waals surface area contributed by atoms with Gasteiger partial charge in [0.05, 0.1) is 12.4 Å². The first kappa shape index (κ1) is 10.4. The zero-order valence-corrected chi connectivity index (χ0v) is 7.52. The summed E-state index contributed by atoms with van der Waals surface area (Å²) < 4.78 is 28.4. The van der Waals surface area contributed by atoms with Crippen molar-refractivity contribution in [3.8, 4) is 0 Å². The highest BCUT2D eigenvalue weighted by atomic mass is 32.2. The van der Waals surface area contributed by atoms with Gasteiger partial charge in [0.25, 0.3) is 0 Å². The summed E-state index contributed by atoms with van der Waals surface area (Å²) in [5.41, 5.74) is 0. The Morgan fingerprint density at radius 1 is 1.55 bits per heavy atom. The molecule has 0 spiro atoms. The van der Waals surface area contributed by atoms with E-state index in [0.717, 1.165) is 0 Å². The maximum atomic E-state index is 10.8. The van der Waals surface area contributed by atoms with Crippen LogP contribution in [0.4, 0.5) is 0 Å². The lowest BCUT2D eigenvalue weighted by Crippen LogP contribution is -2.19. The normalized spacial score (nSPS) is 12.2. The molecule has 0 amide bonds. The molecule has 0 fully saturated rings. The van der Waals surface area contributed by atoms with Crippen LogP contribution in [0.15, 0.2) is 12.3 Å². The second-order valence-corrected chi connectivity index (χ2v) is 3.92. The molecule has 11 heavy (non-hydrogen) atoms. The van der Waals surface area contributed by atoms with Crippen molar-refractivity contribution in [1.29, 1.82) is 0 Å². The average Bonchev–Trinajstić information content (AvgIpc) is 1.99. The molecular formula is C6H13NO3S. The van der Waals surface area contributed by atoms with Crippen LogP contribution in [0.2, 0.25) is 0 Å². The molecule has 0 radical (unpaired) electrons. The van der Waals surface area contributed by atoms with Gasteiger partial charge < -0.3 is 4.74 Å². The Morgan fingerprint density at radius 2 is 2.18 bits per heavy atom. The Labute approximate surface area is 67.3 Å². The molecule has 0 aliphatic carbocycles. The van der Waals surface area contributed by atoms with Crippen LogP contribution in [-0.2, 0) is 14.8 Å². The highest BCUT2D eigenvalue weighted by Gasteiger charge is 1.99. The van der Waals surface area contributed by atoms with Gasteiger partial charge in [0.1, 0.15) is 0 Å². The van der Waals surface area contributed by atoms with Gasteiger partial charge in [-0.25, -0.2) is 8.42 Å². The summed E-state index contributed by atoms with van der Waals surface area (Å²) in [6, 6.07) is 0. The van der Waals surface area contributed by atoms with Gasteiger partial charge in [0.2, 0.25) is 10.0 Å². The van der Waals surface area contributed by atoms with Crippen LogP contribution in [0.5, 0.6) is 0 Å². The fraction of sp³-hybridized carbons (Fsp3) is 0.667. The molecule has 0 unspecified atom stereocenters. The first-order valence-corrected chi connectivity index (χ1v) is 4.91. The van der Waals surface area contributed by atoms with Crippen molar-refractivity contribution in [2.45, 2.75) is 6.92 Å². The number of hydrogen-bond acceptors (Lipinski definition) is 3. The zero-order chi connectivity index (χ0) is 8.74. The van der Waals surface area contributed by atoms with Crippen molar-refractivity contribution in [3.05, 3.63) is 12.3 Å². The third kappa shape index (κ3) is 5.87. The van der Waals surface area contributed by atoms with Crippen molar-refractivity contribution < 1.29 is 13.2 Å². The van der Waals surface area contributed by atoms with Crippen molar-refractivity contribution in [2.24, 2.45) is 0 Å². The van der Waals surface area contributed by atoms with Crippen LogP contribution >= 0.6 is 0 Å². The molecule has 0 atom stereocenters. The smallest absolute Gasteiger partial charge is 0.231 e. The van der Waals surface area contributed by atoms with Crippen molar-refractivity contribution in [3.63, 3.8) is 0 Å². The second kappa shape index (κ2) is 5.15. The molecule has 0 aliphatic rings. The monoisotopic (exact) mass is 179 g/mol. The van der Waals surface area contributed by atoms with Gasteiger partial charge in [-0.05, 0) is 13.0 Å². The van der Waals surface area contributed by atoms with E-state index in [4.69, 9.17) is 0 Å². The molecule has 4 nitrogen and oxygen atoms in total. The molecule has 0 saturated heterocycles. The molecule has 0 bridgehead atoms. The zero-order valence-electron chi connectivity index (χ0n) is 6.70. The second-order valence-electron chi connectivity index (χ2n) is 1.88. The summed E-state index contributed by atoms with van der Waals surface area (Å²) in [7, 11) is -1.55. The van der Waals surface area contributed by atoms with Crippen molar-refractivity contribution in [2.75, 3.05) is 19.5 Å². The minimum Gasteiger partial charge on any atom is -0.381 e. The maximum Gasteiger partial charge on any atom is 0.231 e. The topological polar surface area (TPSA) is 55.4 Å². The van der Waals surface area contributed by atoms with Gasteiger partial charge in [-0.3, -0.25) is 4.72 Å². The van der Waals surface area contributed by atoms with Gasteiger partial charge in [-0.15, -0.1) is 0 Å². The minimum absolute atomic E-state index is 0.0876. The van der Waals surface area contributed by atoms with Gasteiger partial charge in [0.15, 0.2) is 0 Å². The van der Waals surface area contributed by atoms with E-state index in [1.165, 1.54) is 6.20 Å². The van der Waals surface area contributed by atoms with Crippen LogP contribution in [0, 0.1) is 0 Å². The van der Waals surface area contributed by atoms with Gasteiger partial charge in [-0.2, -0.15) is 0 Å². The van der Waals surface area contributed by atoms with E-state index in [1.807, 2.05) is 0 Å². The molecule has 0 aromatic heterocycles. The molecule has 66 valence electrons. The largest absolute Gasteiger partial charge is 0.381 e. The molecule has 0 heterocycles. The van der Waals surface area contributed by atoms with Crippen molar-refractivity contribution in [1.82, 2.24) is 4.72 Å². The Bertz CT molecular complexity index is 208. The Balaban J connectivity index is 3.70. The van der Waals surface area contributed by atoms with Crippen LogP contribution in [0.25, 0.3) is 0 Å². The maximum absolute atomic E-state index is 10.8. The minimum atomic E-state index is -3.09. The lowest BCUT2D eigenvalue weighted by Gasteiger charge is -1.97. The number of rotatable bonds is 5. The molecule has 0 rings (SSSR count). The lowest BCUT2D eigenvalue weighted by molar-refractivity contribution is 0.233. The third-order valence-electron chi connectivity index (χ3n) is 1.01.